The Hall–Kier alpha value is -1.20. The zero-order chi connectivity index (χ0) is 13.7. The molecular weight excluding hydrogens is 240 g/mol. The van der Waals surface area contributed by atoms with Gasteiger partial charge in [0.1, 0.15) is 0 Å². The van der Waals surface area contributed by atoms with Gasteiger partial charge < -0.3 is 15.3 Å². The summed E-state index contributed by atoms with van der Waals surface area (Å²) in [6.07, 6.45) is 6.63. The van der Waals surface area contributed by atoms with Crippen LogP contribution in [0.1, 0.15) is 31.7 Å². The first-order chi connectivity index (χ1) is 9.19. The third-order valence-electron chi connectivity index (χ3n) is 3.53. The van der Waals surface area contributed by atoms with E-state index in [1.54, 1.807) is 0 Å². The lowest BCUT2D eigenvalue weighted by molar-refractivity contribution is 0.0463. The maximum Gasteiger partial charge on any atom is 0.225 e. The van der Waals surface area contributed by atoms with Crippen LogP contribution in [0.4, 0.5) is 5.95 Å². The maximum absolute atomic E-state index is 9.28. The van der Waals surface area contributed by atoms with Crippen LogP contribution in [0.3, 0.4) is 0 Å². The van der Waals surface area contributed by atoms with Gasteiger partial charge in [0, 0.05) is 38.1 Å². The molecule has 1 heterocycles. The molecule has 106 valence electrons. The van der Waals surface area contributed by atoms with Crippen molar-refractivity contribution in [3.05, 3.63) is 18.0 Å². The van der Waals surface area contributed by atoms with Crippen LogP contribution >= 0.6 is 0 Å². The van der Waals surface area contributed by atoms with Gasteiger partial charge in [-0.05, 0) is 31.7 Å². The number of rotatable bonds is 7. The number of anilines is 1. The lowest BCUT2D eigenvalue weighted by Gasteiger charge is -2.34. The van der Waals surface area contributed by atoms with Crippen molar-refractivity contribution in [1.82, 2.24) is 15.3 Å². The van der Waals surface area contributed by atoms with E-state index < -0.39 is 0 Å². The second-order valence-electron chi connectivity index (χ2n) is 5.44. The summed E-state index contributed by atoms with van der Waals surface area (Å²) in [6, 6.07) is 0. The molecular formula is C14H24N4O. The molecule has 0 spiro atoms. The number of aromatic nitrogens is 2. The first kappa shape index (κ1) is 14.2. The highest BCUT2D eigenvalue weighted by Crippen LogP contribution is 2.28. The molecule has 1 saturated carbocycles. The molecule has 0 bridgehead atoms. The summed E-state index contributed by atoms with van der Waals surface area (Å²) in [5, 5.41) is 12.6. The van der Waals surface area contributed by atoms with Crippen LogP contribution in [-0.2, 0) is 6.54 Å². The summed E-state index contributed by atoms with van der Waals surface area (Å²) >= 11 is 0. The summed E-state index contributed by atoms with van der Waals surface area (Å²) in [5.41, 5.74) is 1.12. The van der Waals surface area contributed by atoms with E-state index in [-0.39, 0.29) is 6.10 Å². The van der Waals surface area contributed by atoms with Crippen LogP contribution in [0, 0.1) is 5.92 Å². The Morgan fingerprint density at radius 3 is 2.63 bits per heavy atom. The van der Waals surface area contributed by atoms with Gasteiger partial charge in [0.25, 0.3) is 0 Å². The van der Waals surface area contributed by atoms with Gasteiger partial charge in [0.2, 0.25) is 5.95 Å². The largest absolute Gasteiger partial charge is 0.393 e. The molecule has 0 aliphatic heterocycles. The molecule has 5 heteroatoms. The fraction of sp³-hybridized carbons (Fsp3) is 0.714. The predicted molar refractivity (Wildman–Crippen MR) is 76.0 cm³/mol. The molecule has 5 nitrogen and oxygen atoms in total. The number of nitrogens with one attached hydrogen (secondary N) is 1. The molecule has 1 aromatic rings. The average Bonchev–Trinajstić information content (AvgIpc) is 2.38. The highest BCUT2D eigenvalue weighted by molar-refractivity contribution is 5.28. The van der Waals surface area contributed by atoms with E-state index in [2.05, 4.69) is 27.1 Å². The van der Waals surface area contributed by atoms with E-state index in [1.807, 2.05) is 19.4 Å². The molecule has 0 radical (unpaired) electrons. The molecule has 0 unspecified atom stereocenters. The molecule has 0 saturated heterocycles. The third-order valence-corrected chi connectivity index (χ3v) is 3.53. The van der Waals surface area contributed by atoms with Crippen LogP contribution < -0.4 is 10.2 Å². The molecule has 0 amide bonds. The molecule has 1 fully saturated rings. The summed E-state index contributed by atoms with van der Waals surface area (Å²) < 4.78 is 0. The van der Waals surface area contributed by atoms with E-state index in [4.69, 9.17) is 0 Å². The van der Waals surface area contributed by atoms with Crippen molar-refractivity contribution in [3.8, 4) is 0 Å². The lowest BCUT2D eigenvalue weighted by atomic mass is 9.82. The maximum atomic E-state index is 9.28. The zero-order valence-corrected chi connectivity index (χ0v) is 11.8. The van der Waals surface area contributed by atoms with Gasteiger partial charge in [-0.15, -0.1) is 0 Å². The Labute approximate surface area is 115 Å². The van der Waals surface area contributed by atoms with Crippen molar-refractivity contribution < 1.29 is 5.11 Å². The van der Waals surface area contributed by atoms with Gasteiger partial charge in [-0.1, -0.05) is 6.92 Å². The molecule has 1 aliphatic rings. The van der Waals surface area contributed by atoms with Crippen molar-refractivity contribution in [2.45, 2.75) is 38.8 Å². The monoisotopic (exact) mass is 264 g/mol. The van der Waals surface area contributed by atoms with Gasteiger partial charge in [-0.2, -0.15) is 0 Å². The van der Waals surface area contributed by atoms with Crippen molar-refractivity contribution in [3.63, 3.8) is 0 Å². The van der Waals surface area contributed by atoms with Gasteiger partial charge in [-0.3, -0.25) is 0 Å². The predicted octanol–water partition coefficient (Wildman–Crippen LogP) is 1.18. The van der Waals surface area contributed by atoms with E-state index in [0.717, 1.165) is 50.4 Å². The zero-order valence-electron chi connectivity index (χ0n) is 11.8. The lowest BCUT2D eigenvalue weighted by Crippen LogP contribution is -2.37. The Morgan fingerprint density at radius 2 is 2.05 bits per heavy atom. The third kappa shape index (κ3) is 4.14. The summed E-state index contributed by atoms with van der Waals surface area (Å²) in [4.78, 5) is 10.9. The topological polar surface area (TPSA) is 61.3 Å². The normalized spacial score (nSPS) is 22.1. The average molecular weight is 264 g/mol. The van der Waals surface area contributed by atoms with Gasteiger partial charge in [0.15, 0.2) is 0 Å². The Kier molecular flexibility index (Phi) is 5.10. The molecule has 19 heavy (non-hydrogen) atoms. The quantitative estimate of drug-likeness (QED) is 0.724. The minimum atomic E-state index is -0.0914. The van der Waals surface area contributed by atoms with E-state index in [0.29, 0.717) is 5.92 Å². The highest BCUT2D eigenvalue weighted by atomic mass is 16.3. The van der Waals surface area contributed by atoms with Gasteiger partial charge in [-0.25, -0.2) is 9.97 Å². The van der Waals surface area contributed by atoms with Gasteiger partial charge in [0.05, 0.1) is 6.10 Å². The SMILES string of the molecule is CCCNCc1cnc(N(C)CC2CC(O)C2)nc1. The van der Waals surface area contributed by atoms with Crippen molar-refractivity contribution in [1.29, 1.82) is 0 Å². The fourth-order valence-corrected chi connectivity index (χ4v) is 2.36. The van der Waals surface area contributed by atoms with E-state index >= 15 is 0 Å². The Morgan fingerprint density at radius 1 is 1.37 bits per heavy atom. The summed E-state index contributed by atoms with van der Waals surface area (Å²) in [5.74, 6) is 1.34. The minimum absolute atomic E-state index is 0.0914. The number of hydrogen-bond donors (Lipinski definition) is 2. The van der Waals surface area contributed by atoms with Crippen LogP contribution in [-0.4, -0.2) is 41.3 Å². The van der Waals surface area contributed by atoms with Crippen molar-refractivity contribution >= 4 is 5.95 Å². The molecule has 0 aromatic carbocycles. The van der Waals surface area contributed by atoms with Crippen LogP contribution in [0.2, 0.25) is 0 Å². The molecule has 0 atom stereocenters. The Bertz CT molecular complexity index is 376. The fourth-order valence-electron chi connectivity index (χ4n) is 2.36. The van der Waals surface area contributed by atoms with E-state index in [9.17, 15) is 5.11 Å². The molecule has 2 N–H and O–H groups in total. The van der Waals surface area contributed by atoms with Gasteiger partial charge >= 0.3 is 0 Å². The summed E-state index contributed by atoms with van der Waals surface area (Å²) in [7, 11) is 2.01. The van der Waals surface area contributed by atoms with Crippen molar-refractivity contribution in [2.75, 3.05) is 25.0 Å². The first-order valence-corrected chi connectivity index (χ1v) is 7.10. The van der Waals surface area contributed by atoms with Crippen LogP contribution in [0.5, 0.6) is 0 Å². The smallest absolute Gasteiger partial charge is 0.225 e. The molecule has 1 aliphatic carbocycles. The highest BCUT2D eigenvalue weighted by Gasteiger charge is 2.28. The standard InChI is InChI=1S/C14H24N4O/c1-3-4-15-7-12-8-16-14(17-9-12)18(2)10-11-5-13(19)6-11/h8-9,11,13,15,19H,3-7,10H2,1-2H3. The Balaban J connectivity index is 1.80. The molecule has 1 aromatic heterocycles. The van der Waals surface area contributed by atoms with E-state index in [1.165, 1.54) is 0 Å². The number of aliphatic hydroxyl groups excluding tert-OH is 1. The number of nitrogens with zero attached hydrogens (tertiary/aromatic N) is 3. The van der Waals surface area contributed by atoms with Crippen LogP contribution in [0.15, 0.2) is 12.4 Å². The summed E-state index contributed by atoms with van der Waals surface area (Å²) in [6.45, 7) is 4.92. The number of aliphatic hydroxyl groups is 1. The second kappa shape index (κ2) is 6.82. The minimum Gasteiger partial charge on any atom is -0.393 e. The number of hydrogen-bond acceptors (Lipinski definition) is 5. The first-order valence-electron chi connectivity index (χ1n) is 7.10. The van der Waals surface area contributed by atoms with Crippen LogP contribution in [0.25, 0.3) is 0 Å². The molecule has 2 rings (SSSR count). The van der Waals surface area contributed by atoms with Crippen molar-refractivity contribution in [2.24, 2.45) is 5.92 Å². The second-order valence-corrected chi connectivity index (χ2v) is 5.44.